The topological polar surface area (TPSA) is 63.3 Å². The van der Waals surface area contributed by atoms with Crippen LogP contribution >= 0.6 is 0 Å². The van der Waals surface area contributed by atoms with Crippen LogP contribution in [0.5, 0.6) is 0 Å². The average molecular weight is 191 g/mol. The van der Waals surface area contributed by atoms with Gasteiger partial charge >= 0.3 is 5.97 Å². The van der Waals surface area contributed by atoms with Crippen LogP contribution in [0.1, 0.15) is 12.0 Å². The molecule has 0 radical (unpaired) electrons. The third kappa shape index (κ3) is 3.87. The highest BCUT2D eigenvalue weighted by molar-refractivity contribution is 5.68. The monoisotopic (exact) mass is 191 g/mol. The molecule has 1 aromatic rings. The Morgan fingerprint density at radius 1 is 1.43 bits per heavy atom. The van der Waals surface area contributed by atoms with Gasteiger partial charge in [-0.15, -0.1) is 0 Å². The third-order valence-corrected chi connectivity index (χ3v) is 1.75. The molecule has 0 spiro atoms. The van der Waals surface area contributed by atoms with Gasteiger partial charge in [0, 0.05) is 6.04 Å². The molecule has 1 atom stereocenters. The fraction of sp³-hybridized carbons (Fsp3) is 0.182. The molecule has 0 aliphatic carbocycles. The predicted molar refractivity (Wildman–Crippen MR) is 55.7 cm³/mol. The van der Waals surface area contributed by atoms with E-state index in [2.05, 4.69) is 0 Å². The largest absolute Gasteiger partial charge is 0.481 e. The first-order chi connectivity index (χ1) is 6.68. The summed E-state index contributed by atoms with van der Waals surface area (Å²) >= 11 is 0. The van der Waals surface area contributed by atoms with Crippen molar-refractivity contribution in [3.8, 4) is 0 Å². The van der Waals surface area contributed by atoms with E-state index >= 15 is 0 Å². The lowest BCUT2D eigenvalue weighted by Crippen LogP contribution is -2.20. The van der Waals surface area contributed by atoms with E-state index in [1.54, 1.807) is 6.08 Å². The van der Waals surface area contributed by atoms with E-state index in [1.165, 1.54) is 0 Å². The summed E-state index contributed by atoms with van der Waals surface area (Å²) in [4.78, 5) is 10.3. The number of rotatable bonds is 4. The van der Waals surface area contributed by atoms with Crippen molar-refractivity contribution in [2.75, 3.05) is 0 Å². The van der Waals surface area contributed by atoms with E-state index in [0.29, 0.717) is 0 Å². The summed E-state index contributed by atoms with van der Waals surface area (Å²) in [6.07, 6.45) is 3.49. The van der Waals surface area contributed by atoms with Gasteiger partial charge in [-0.25, -0.2) is 0 Å². The molecule has 0 saturated carbocycles. The van der Waals surface area contributed by atoms with E-state index < -0.39 is 12.0 Å². The molecule has 1 unspecified atom stereocenters. The van der Waals surface area contributed by atoms with Crippen molar-refractivity contribution in [2.24, 2.45) is 5.73 Å². The van der Waals surface area contributed by atoms with Gasteiger partial charge in [0.05, 0.1) is 6.42 Å². The van der Waals surface area contributed by atoms with E-state index in [0.717, 1.165) is 5.56 Å². The van der Waals surface area contributed by atoms with Crippen LogP contribution in [0.4, 0.5) is 0 Å². The van der Waals surface area contributed by atoms with Gasteiger partial charge < -0.3 is 10.8 Å². The van der Waals surface area contributed by atoms with Crippen molar-refractivity contribution in [3.63, 3.8) is 0 Å². The van der Waals surface area contributed by atoms with Crippen LogP contribution in [0, 0.1) is 0 Å². The molecule has 0 heterocycles. The second kappa shape index (κ2) is 5.19. The lowest BCUT2D eigenvalue weighted by atomic mass is 10.1. The summed E-state index contributed by atoms with van der Waals surface area (Å²) in [5.74, 6) is -0.879. The van der Waals surface area contributed by atoms with Crippen LogP contribution in [0.2, 0.25) is 0 Å². The number of carboxylic acids is 1. The molecule has 0 aliphatic rings. The Kier molecular flexibility index (Phi) is 3.88. The molecule has 1 rings (SSSR count). The van der Waals surface area contributed by atoms with Crippen molar-refractivity contribution < 1.29 is 9.90 Å². The number of carboxylic acid groups (broad SMARTS) is 1. The first kappa shape index (κ1) is 10.5. The minimum atomic E-state index is -0.879. The minimum absolute atomic E-state index is 0.0384. The molecule has 1 aromatic carbocycles. The highest BCUT2D eigenvalue weighted by Crippen LogP contribution is 2.02. The molecule has 3 N–H and O–H groups in total. The lowest BCUT2D eigenvalue weighted by Gasteiger charge is -2.00. The average Bonchev–Trinajstić information content (AvgIpc) is 2.15. The van der Waals surface area contributed by atoms with Crippen molar-refractivity contribution in [3.05, 3.63) is 42.0 Å². The van der Waals surface area contributed by atoms with Gasteiger partial charge in [0.25, 0.3) is 0 Å². The van der Waals surface area contributed by atoms with Gasteiger partial charge in [-0.05, 0) is 5.56 Å². The maximum atomic E-state index is 10.3. The first-order valence-electron chi connectivity index (χ1n) is 4.39. The Morgan fingerprint density at radius 2 is 2.07 bits per heavy atom. The zero-order chi connectivity index (χ0) is 10.4. The van der Waals surface area contributed by atoms with Crippen molar-refractivity contribution >= 4 is 12.0 Å². The Morgan fingerprint density at radius 3 is 2.64 bits per heavy atom. The molecule has 3 heteroatoms. The van der Waals surface area contributed by atoms with Crippen LogP contribution < -0.4 is 5.73 Å². The van der Waals surface area contributed by atoms with Gasteiger partial charge in [0.2, 0.25) is 0 Å². The molecular weight excluding hydrogens is 178 g/mol. The lowest BCUT2D eigenvalue weighted by molar-refractivity contribution is -0.137. The fourth-order valence-electron chi connectivity index (χ4n) is 1.07. The number of nitrogens with two attached hydrogens (primary N) is 1. The molecular formula is C11H13NO2. The SMILES string of the molecule is NC(/C=C/c1ccccc1)CC(=O)O. The summed E-state index contributed by atoms with van der Waals surface area (Å²) in [6, 6.07) is 9.21. The zero-order valence-corrected chi connectivity index (χ0v) is 7.76. The van der Waals surface area contributed by atoms with E-state index in [9.17, 15) is 4.79 Å². The Bertz CT molecular complexity index is 319. The minimum Gasteiger partial charge on any atom is -0.481 e. The maximum Gasteiger partial charge on any atom is 0.305 e. The maximum absolute atomic E-state index is 10.3. The molecule has 0 bridgehead atoms. The van der Waals surface area contributed by atoms with Gasteiger partial charge in [-0.3, -0.25) is 4.79 Å². The molecule has 0 aliphatic heterocycles. The van der Waals surface area contributed by atoms with Crippen molar-refractivity contribution in [2.45, 2.75) is 12.5 Å². The smallest absolute Gasteiger partial charge is 0.305 e. The van der Waals surface area contributed by atoms with Crippen molar-refractivity contribution in [1.82, 2.24) is 0 Å². The Hall–Kier alpha value is -1.61. The molecule has 0 fully saturated rings. The van der Waals surface area contributed by atoms with Crippen LogP contribution in [-0.4, -0.2) is 17.1 Å². The van der Waals surface area contributed by atoms with E-state index in [-0.39, 0.29) is 6.42 Å². The van der Waals surface area contributed by atoms with Crippen molar-refractivity contribution in [1.29, 1.82) is 0 Å². The molecule has 74 valence electrons. The Labute approximate surface area is 82.9 Å². The van der Waals surface area contributed by atoms with Crippen LogP contribution in [0.25, 0.3) is 6.08 Å². The first-order valence-corrected chi connectivity index (χ1v) is 4.39. The van der Waals surface area contributed by atoms with Gasteiger partial charge in [0.15, 0.2) is 0 Å². The molecule has 0 saturated heterocycles. The summed E-state index contributed by atoms with van der Waals surface area (Å²) in [7, 11) is 0. The molecule has 14 heavy (non-hydrogen) atoms. The van der Waals surface area contributed by atoms with E-state index in [4.69, 9.17) is 10.8 Å². The zero-order valence-electron chi connectivity index (χ0n) is 7.76. The van der Waals surface area contributed by atoms with Gasteiger partial charge in [-0.1, -0.05) is 42.5 Å². The van der Waals surface area contributed by atoms with Crippen LogP contribution in [0.3, 0.4) is 0 Å². The number of benzene rings is 1. The normalized spacial score (nSPS) is 12.9. The highest BCUT2D eigenvalue weighted by atomic mass is 16.4. The summed E-state index contributed by atoms with van der Waals surface area (Å²) in [5.41, 5.74) is 6.58. The van der Waals surface area contributed by atoms with E-state index in [1.807, 2.05) is 36.4 Å². The molecule has 3 nitrogen and oxygen atoms in total. The van der Waals surface area contributed by atoms with Crippen LogP contribution in [0.15, 0.2) is 36.4 Å². The summed E-state index contributed by atoms with van der Waals surface area (Å²) in [6.45, 7) is 0. The Balaban J connectivity index is 2.52. The quantitative estimate of drug-likeness (QED) is 0.758. The van der Waals surface area contributed by atoms with Gasteiger partial charge in [-0.2, -0.15) is 0 Å². The number of aliphatic carboxylic acids is 1. The molecule has 0 amide bonds. The summed E-state index contributed by atoms with van der Waals surface area (Å²) in [5, 5.41) is 8.47. The molecule has 0 aromatic heterocycles. The second-order valence-electron chi connectivity index (χ2n) is 3.03. The number of carbonyl (C=O) groups is 1. The number of hydrogen-bond donors (Lipinski definition) is 2. The summed E-state index contributed by atoms with van der Waals surface area (Å²) < 4.78 is 0. The number of hydrogen-bond acceptors (Lipinski definition) is 2. The third-order valence-electron chi connectivity index (χ3n) is 1.75. The van der Waals surface area contributed by atoms with Gasteiger partial charge in [0.1, 0.15) is 0 Å². The van der Waals surface area contributed by atoms with Crippen LogP contribution in [-0.2, 0) is 4.79 Å². The standard InChI is InChI=1S/C11H13NO2/c12-10(8-11(13)14)7-6-9-4-2-1-3-5-9/h1-7,10H,8,12H2,(H,13,14)/b7-6+. The second-order valence-corrected chi connectivity index (χ2v) is 3.03. The predicted octanol–water partition coefficient (Wildman–Crippen LogP) is 1.50. The fourth-order valence-corrected chi connectivity index (χ4v) is 1.07. The highest BCUT2D eigenvalue weighted by Gasteiger charge is 2.02.